The number of carbonyl (C=O) groups is 2. The molecule has 5 rings (SSSR count). The van der Waals surface area contributed by atoms with E-state index >= 15 is 0 Å². The van der Waals surface area contributed by atoms with Crippen LogP contribution in [0, 0.1) is 18.3 Å². The second-order valence-corrected chi connectivity index (χ2v) is 10.5. The van der Waals surface area contributed by atoms with Crippen molar-refractivity contribution in [2.24, 2.45) is 11.3 Å². The third-order valence-corrected chi connectivity index (χ3v) is 7.00. The van der Waals surface area contributed by atoms with Crippen LogP contribution in [-0.4, -0.2) is 56.7 Å². The number of nitrogens with zero attached hydrogens (tertiary/aromatic N) is 4. The van der Waals surface area contributed by atoms with Crippen molar-refractivity contribution in [2.45, 2.75) is 46.0 Å². The molecule has 11 heteroatoms. The number of amides is 3. The molecule has 3 amide bonds. The quantitative estimate of drug-likeness (QED) is 0.290. The predicted octanol–water partition coefficient (Wildman–Crippen LogP) is 3.94. The molecule has 0 bridgehead atoms. The van der Waals surface area contributed by atoms with Crippen LogP contribution in [0.3, 0.4) is 0 Å². The Hall–Kier alpha value is -4.12. The van der Waals surface area contributed by atoms with Crippen molar-refractivity contribution in [1.82, 2.24) is 25.3 Å². The summed E-state index contributed by atoms with van der Waals surface area (Å²) in [5.74, 6) is 1.05. The average Bonchev–Trinajstić information content (AvgIpc) is 3.86. The molecule has 2 saturated carbocycles. The van der Waals surface area contributed by atoms with E-state index in [-0.39, 0.29) is 36.9 Å². The van der Waals surface area contributed by atoms with Crippen LogP contribution in [0.4, 0.5) is 16.3 Å². The van der Waals surface area contributed by atoms with E-state index in [0.717, 1.165) is 19.3 Å². The van der Waals surface area contributed by atoms with E-state index in [2.05, 4.69) is 37.8 Å². The van der Waals surface area contributed by atoms with Crippen LogP contribution in [0.1, 0.15) is 44.7 Å². The smallest absolute Gasteiger partial charge is 0.319 e. The Morgan fingerprint density at radius 1 is 1.13 bits per heavy atom. The molecule has 2 aliphatic rings. The monoisotopic (exact) mass is 531 g/mol. The van der Waals surface area contributed by atoms with E-state index in [9.17, 15) is 14.7 Å². The number of aromatic nitrogens is 4. The van der Waals surface area contributed by atoms with E-state index in [4.69, 9.17) is 9.72 Å². The molecule has 3 aromatic heterocycles. The normalized spacial score (nSPS) is 15.4. The number of hydrogen-bond donors (Lipinski definition) is 4. The van der Waals surface area contributed by atoms with Crippen molar-refractivity contribution in [3.8, 4) is 28.5 Å². The molecule has 3 aromatic rings. The fraction of sp³-hybridized carbons (Fsp3) is 0.429. The van der Waals surface area contributed by atoms with E-state index < -0.39 is 0 Å². The van der Waals surface area contributed by atoms with Crippen molar-refractivity contribution in [2.75, 3.05) is 30.4 Å². The van der Waals surface area contributed by atoms with E-state index in [1.807, 2.05) is 6.92 Å². The first-order valence-electron chi connectivity index (χ1n) is 13.2. The van der Waals surface area contributed by atoms with Gasteiger partial charge in [-0.05, 0) is 62.6 Å². The number of aliphatic hydroxyl groups is 1. The maximum Gasteiger partial charge on any atom is 0.319 e. The largest absolute Gasteiger partial charge is 0.475 e. The number of nitrogens with one attached hydrogen (secondary N) is 3. The molecule has 39 heavy (non-hydrogen) atoms. The maximum absolute atomic E-state index is 12.5. The number of anilines is 2. The molecule has 0 saturated heterocycles. The molecule has 2 fully saturated rings. The van der Waals surface area contributed by atoms with Crippen LogP contribution in [0.15, 0.2) is 36.7 Å². The zero-order chi connectivity index (χ0) is 27.4. The summed E-state index contributed by atoms with van der Waals surface area (Å²) in [5, 5.41) is 17.9. The van der Waals surface area contributed by atoms with Crippen molar-refractivity contribution in [3.63, 3.8) is 0 Å². The van der Waals surface area contributed by atoms with Gasteiger partial charge in [0.1, 0.15) is 12.4 Å². The summed E-state index contributed by atoms with van der Waals surface area (Å²) in [6.07, 6.45) is 8.35. The number of aryl methyl sites for hydroxylation is 1. The zero-order valence-electron chi connectivity index (χ0n) is 22.2. The lowest BCUT2D eigenvalue weighted by atomic mass is 10.1. The van der Waals surface area contributed by atoms with Crippen molar-refractivity contribution >= 4 is 23.4 Å². The highest BCUT2D eigenvalue weighted by Gasteiger charge is 2.36. The Labute approximate surface area is 226 Å². The number of aliphatic hydroxyl groups excluding tert-OH is 1. The number of hydrogen-bond acceptors (Lipinski definition) is 8. The summed E-state index contributed by atoms with van der Waals surface area (Å²) >= 11 is 0. The second kappa shape index (κ2) is 11.3. The SMILES string of the molecule is Cc1ncc(NC(=O)NCCC2(C)CC2)cc1-c1cc(OCCO)nc(-c2ccnc(NC(=O)C3CC3)c2)n1. The fourth-order valence-corrected chi connectivity index (χ4v) is 4.11. The van der Waals surface area contributed by atoms with Crippen LogP contribution < -0.4 is 20.7 Å². The van der Waals surface area contributed by atoms with Crippen LogP contribution in [0.2, 0.25) is 0 Å². The van der Waals surface area contributed by atoms with Gasteiger partial charge >= 0.3 is 6.03 Å². The predicted molar refractivity (Wildman–Crippen MR) is 146 cm³/mol. The lowest BCUT2D eigenvalue weighted by molar-refractivity contribution is -0.117. The van der Waals surface area contributed by atoms with Gasteiger partial charge in [-0.3, -0.25) is 9.78 Å². The Morgan fingerprint density at radius 3 is 2.69 bits per heavy atom. The summed E-state index contributed by atoms with van der Waals surface area (Å²) in [6.45, 7) is 4.59. The molecule has 0 unspecified atom stereocenters. The van der Waals surface area contributed by atoms with Gasteiger partial charge in [-0.25, -0.2) is 14.8 Å². The standard InChI is InChI=1S/C28H33N7O4/c1-17-21(14-20(16-31-17)32-27(38)30-10-8-28(2)6-7-28)22-15-24(39-12-11-36)35-25(33-22)19-5-9-29-23(13-19)34-26(37)18-3-4-18/h5,9,13-16,18,36H,3-4,6-8,10-12H2,1-2H3,(H,29,34,37)(H2,30,32,38). The summed E-state index contributed by atoms with van der Waals surface area (Å²) in [6, 6.07) is 6.64. The molecule has 204 valence electrons. The number of rotatable bonds is 11. The molecule has 0 aliphatic heterocycles. The first kappa shape index (κ1) is 26.5. The van der Waals surface area contributed by atoms with Crippen LogP contribution >= 0.6 is 0 Å². The second-order valence-electron chi connectivity index (χ2n) is 10.5. The molecule has 0 radical (unpaired) electrons. The van der Waals surface area contributed by atoms with Gasteiger partial charge in [0.15, 0.2) is 5.82 Å². The minimum Gasteiger partial charge on any atom is -0.475 e. The van der Waals surface area contributed by atoms with Gasteiger partial charge in [0.25, 0.3) is 0 Å². The van der Waals surface area contributed by atoms with Crippen LogP contribution in [0.25, 0.3) is 22.6 Å². The Balaban J connectivity index is 1.39. The number of urea groups is 1. The molecule has 0 aromatic carbocycles. The van der Waals surface area contributed by atoms with Crippen molar-refractivity contribution in [3.05, 3.63) is 42.4 Å². The highest BCUT2D eigenvalue weighted by molar-refractivity contribution is 5.93. The van der Waals surface area contributed by atoms with Gasteiger partial charge in [-0.2, -0.15) is 4.98 Å². The minimum atomic E-state index is -0.288. The molecule has 11 nitrogen and oxygen atoms in total. The molecule has 2 aliphatic carbocycles. The Morgan fingerprint density at radius 2 is 1.95 bits per heavy atom. The highest BCUT2D eigenvalue weighted by Crippen LogP contribution is 2.47. The van der Waals surface area contributed by atoms with Crippen molar-refractivity contribution < 1.29 is 19.4 Å². The third-order valence-electron chi connectivity index (χ3n) is 7.00. The summed E-state index contributed by atoms with van der Waals surface area (Å²) < 4.78 is 5.64. The number of ether oxygens (including phenoxy) is 1. The Bertz CT molecular complexity index is 1370. The minimum absolute atomic E-state index is 0.0434. The molecule has 3 heterocycles. The number of pyridine rings is 2. The maximum atomic E-state index is 12.5. The topological polar surface area (TPSA) is 151 Å². The van der Waals surface area contributed by atoms with E-state index in [1.165, 1.54) is 12.8 Å². The van der Waals surface area contributed by atoms with Crippen molar-refractivity contribution in [1.29, 1.82) is 0 Å². The summed E-state index contributed by atoms with van der Waals surface area (Å²) in [7, 11) is 0. The Kier molecular flexibility index (Phi) is 7.69. The fourth-order valence-electron chi connectivity index (χ4n) is 4.11. The van der Waals surface area contributed by atoms with Gasteiger partial charge in [0, 0.05) is 41.5 Å². The van der Waals surface area contributed by atoms with E-state index in [1.54, 1.807) is 36.7 Å². The molecule has 0 atom stereocenters. The first-order chi connectivity index (χ1) is 18.8. The van der Waals surface area contributed by atoms with Gasteiger partial charge < -0.3 is 25.8 Å². The van der Waals surface area contributed by atoms with Crippen LogP contribution in [0.5, 0.6) is 5.88 Å². The number of carbonyl (C=O) groups excluding carboxylic acids is 2. The molecular formula is C28H33N7O4. The van der Waals surface area contributed by atoms with Crippen LogP contribution in [-0.2, 0) is 4.79 Å². The summed E-state index contributed by atoms with van der Waals surface area (Å²) in [4.78, 5) is 42.7. The zero-order valence-corrected chi connectivity index (χ0v) is 22.2. The molecule has 0 spiro atoms. The van der Waals surface area contributed by atoms with Gasteiger partial charge in [-0.15, -0.1) is 0 Å². The molecular weight excluding hydrogens is 498 g/mol. The average molecular weight is 532 g/mol. The summed E-state index contributed by atoms with van der Waals surface area (Å²) in [5.41, 5.74) is 3.45. The van der Waals surface area contributed by atoms with Gasteiger partial charge in [0.2, 0.25) is 11.8 Å². The molecule has 4 N–H and O–H groups in total. The lowest BCUT2D eigenvalue weighted by Gasteiger charge is -2.13. The van der Waals surface area contributed by atoms with E-state index in [0.29, 0.717) is 51.8 Å². The third kappa shape index (κ3) is 7.05. The van der Waals surface area contributed by atoms with Gasteiger partial charge in [-0.1, -0.05) is 6.92 Å². The lowest BCUT2D eigenvalue weighted by Crippen LogP contribution is -2.30. The first-order valence-corrected chi connectivity index (χ1v) is 13.2. The van der Waals surface area contributed by atoms with Gasteiger partial charge in [0.05, 0.1) is 24.2 Å². The highest BCUT2D eigenvalue weighted by atomic mass is 16.5.